The zero-order chi connectivity index (χ0) is 12.3. The van der Waals surface area contributed by atoms with Gasteiger partial charge in [0.2, 0.25) is 5.28 Å². The van der Waals surface area contributed by atoms with E-state index >= 15 is 0 Å². The van der Waals surface area contributed by atoms with Crippen molar-refractivity contribution in [3.8, 4) is 0 Å². The summed E-state index contributed by atoms with van der Waals surface area (Å²) in [5.41, 5.74) is 0.496. The molecule has 1 heterocycles. The second kappa shape index (κ2) is 5.29. The number of nitrogens with zero attached hydrogens (tertiary/aromatic N) is 2. The van der Waals surface area contributed by atoms with E-state index in [0.29, 0.717) is 30.7 Å². The molecule has 90 valence electrons. The molecule has 0 bridgehead atoms. The zero-order valence-electron chi connectivity index (χ0n) is 9.52. The van der Waals surface area contributed by atoms with Gasteiger partial charge in [-0.25, -0.2) is 4.98 Å². The average Bonchev–Trinajstić information content (AvgIpc) is 2.33. The summed E-state index contributed by atoms with van der Waals surface area (Å²) in [5.74, 6) is 0. The molecule has 2 rings (SSSR count). The average molecular weight is 253 g/mol. The van der Waals surface area contributed by atoms with E-state index in [4.69, 9.17) is 16.3 Å². The summed E-state index contributed by atoms with van der Waals surface area (Å²) in [7, 11) is 0. The van der Waals surface area contributed by atoms with Gasteiger partial charge in [-0.3, -0.25) is 9.36 Å². The maximum absolute atomic E-state index is 12.1. The highest BCUT2D eigenvalue weighted by Gasteiger charge is 2.08. The van der Waals surface area contributed by atoms with Crippen LogP contribution in [-0.2, 0) is 11.3 Å². The Labute approximate surface area is 104 Å². The van der Waals surface area contributed by atoms with Gasteiger partial charge < -0.3 is 4.74 Å². The number of benzene rings is 1. The predicted molar refractivity (Wildman–Crippen MR) is 67.5 cm³/mol. The topological polar surface area (TPSA) is 44.1 Å². The van der Waals surface area contributed by atoms with Gasteiger partial charge in [-0.05, 0) is 30.7 Å². The van der Waals surface area contributed by atoms with Crippen LogP contribution in [0.4, 0.5) is 0 Å². The second-order valence-corrected chi connectivity index (χ2v) is 3.89. The van der Waals surface area contributed by atoms with Gasteiger partial charge in [-0.15, -0.1) is 0 Å². The van der Waals surface area contributed by atoms with Gasteiger partial charge >= 0.3 is 0 Å². The Kier molecular flexibility index (Phi) is 3.76. The predicted octanol–water partition coefficient (Wildman–Crippen LogP) is 2.09. The Balaban J connectivity index is 2.45. The second-order valence-electron chi connectivity index (χ2n) is 3.55. The lowest BCUT2D eigenvalue weighted by molar-refractivity contribution is 0.138. The standard InChI is InChI=1S/C12H13ClN2O2/c1-2-17-8-7-15-11(16)9-5-3-4-6-10(9)14-12(15)13/h3-6H,2,7-8H2,1H3. The van der Waals surface area contributed by atoms with Crippen LogP contribution in [0.2, 0.25) is 5.28 Å². The van der Waals surface area contributed by atoms with E-state index in [2.05, 4.69) is 4.98 Å². The Hall–Kier alpha value is -1.39. The Morgan fingerprint density at radius 2 is 2.18 bits per heavy atom. The molecule has 0 aliphatic rings. The normalized spacial score (nSPS) is 10.9. The molecule has 0 spiro atoms. The first-order chi connectivity index (χ1) is 8.24. The largest absolute Gasteiger partial charge is 0.380 e. The third kappa shape index (κ3) is 2.48. The van der Waals surface area contributed by atoms with Crippen molar-refractivity contribution >= 4 is 22.5 Å². The van der Waals surface area contributed by atoms with Crippen LogP contribution in [0.3, 0.4) is 0 Å². The quantitative estimate of drug-likeness (QED) is 0.618. The molecule has 0 amide bonds. The van der Waals surface area contributed by atoms with Crippen molar-refractivity contribution in [1.82, 2.24) is 9.55 Å². The molecule has 0 aliphatic carbocycles. The molecule has 0 fully saturated rings. The zero-order valence-corrected chi connectivity index (χ0v) is 10.3. The van der Waals surface area contributed by atoms with Gasteiger partial charge in [0, 0.05) is 6.61 Å². The first-order valence-electron chi connectivity index (χ1n) is 5.47. The number of aromatic nitrogens is 2. The monoisotopic (exact) mass is 252 g/mol. The maximum atomic E-state index is 12.1. The van der Waals surface area contributed by atoms with E-state index in [1.54, 1.807) is 12.1 Å². The van der Waals surface area contributed by atoms with Crippen LogP contribution < -0.4 is 5.56 Å². The van der Waals surface area contributed by atoms with Gasteiger partial charge in [0.25, 0.3) is 5.56 Å². The van der Waals surface area contributed by atoms with Crippen molar-refractivity contribution in [2.24, 2.45) is 0 Å². The summed E-state index contributed by atoms with van der Waals surface area (Å²) < 4.78 is 6.64. The van der Waals surface area contributed by atoms with Crippen LogP contribution in [0, 0.1) is 0 Å². The summed E-state index contributed by atoms with van der Waals surface area (Å²) in [4.78, 5) is 16.3. The van der Waals surface area contributed by atoms with Crippen molar-refractivity contribution in [2.75, 3.05) is 13.2 Å². The van der Waals surface area contributed by atoms with Crippen LogP contribution in [0.1, 0.15) is 6.92 Å². The number of fused-ring (bicyclic) bond motifs is 1. The smallest absolute Gasteiger partial charge is 0.262 e. The minimum absolute atomic E-state index is 0.125. The molecule has 0 atom stereocenters. The Morgan fingerprint density at radius 1 is 1.41 bits per heavy atom. The third-order valence-electron chi connectivity index (χ3n) is 2.48. The molecule has 0 unspecified atom stereocenters. The highest BCUT2D eigenvalue weighted by molar-refractivity contribution is 6.28. The van der Waals surface area contributed by atoms with Crippen LogP contribution in [-0.4, -0.2) is 22.8 Å². The fourth-order valence-corrected chi connectivity index (χ4v) is 1.89. The number of hydrogen-bond acceptors (Lipinski definition) is 3. The number of halogens is 1. The molecule has 0 aliphatic heterocycles. The Morgan fingerprint density at radius 3 is 2.94 bits per heavy atom. The van der Waals surface area contributed by atoms with E-state index in [-0.39, 0.29) is 10.8 Å². The lowest BCUT2D eigenvalue weighted by Crippen LogP contribution is -2.24. The van der Waals surface area contributed by atoms with Gasteiger partial charge in [-0.1, -0.05) is 12.1 Å². The molecule has 1 aromatic heterocycles. The first kappa shape index (κ1) is 12.1. The fourth-order valence-electron chi connectivity index (χ4n) is 1.63. The van der Waals surface area contributed by atoms with E-state index in [1.807, 2.05) is 19.1 Å². The summed E-state index contributed by atoms with van der Waals surface area (Å²) >= 11 is 5.98. The van der Waals surface area contributed by atoms with E-state index in [1.165, 1.54) is 4.57 Å². The highest BCUT2D eigenvalue weighted by Crippen LogP contribution is 2.10. The number of hydrogen-bond donors (Lipinski definition) is 0. The first-order valence-corrected chi connectivity index (χ1v) is 5.84. The van der Waals surface area contributed by atoms with Crippen molar-refractivity contribution < 1.29 is 4.74 Å². The highest BCUT2D eigenvalue weighted by atomic mass is 35.5. The molecule has 0 saturated heterocycles. The van der Waals surface area contributed by atoms with Crippen LogP contribution in [0.25, 0.3) is 10.9 Å². The molecular formula is C12H13ClN2O2. The number of rotatable bonds is 4. The molecule has 2 aromatic rings. The van der Waals surface area contributed by atoms with Gasteiger partial charge in [0.1, 0.15) is 0 Å². The molecule has 0 N–H and O–H groups in total. The molecule has 4 nitrogen and oxygen atoms in total. The van der Waals surface area contributed by atoms with Crippen molar-refractivity contribution in [3.63, 3.8) is 0 Å². The number of para-hydroxylation sites is 1. The van der Waals surface area contributed by atoms with Crippen LogP contribution in [0.15, 0.2) is 29.1 Å². The molecule has 0 radical (unpaired) electrons. The minimum atomic E-state index is -0.125. The van der Waals surface area contributed by atoms with Gasteiger partial charge in [0.15, 0.2) is 0 Å². The minimum Gasteiger partial charge on any atom is -0.380 e. The van der Waals surface area contributed by atoms with Crippen LogP contribution >= 0.6 is 11.6 Å². The fraction of sp³-hybridized carbons (Fsp3) is 0.333. The van der Waals surface area contributed by atoms with Gasteiger partial charge in [0.05, 0.1) is 24.1 Å². The third-order valence-corrected chi connectivity index (χ3v) is 2.77. The van der Waals surface area contributed by atoms with Crippen LogP contribution in [0.5, 0.6) is 0 Å². The molecule has 17 heavy (non-hydrogen) atoms. The lowest BCUT2D eigenvalue weighted by atomic mass is 10.2. The van der Waals surface area contributed by atoms with E-state index in [0.717, 1.165) is 0 Å². The molecule has 1 aromatic carbocycles. The maximum Gasteiger partial charge on any atom is 0.262 e. The summed E-state index contributed by atoms with van der Waals surface area (Å²) in [6.45, 7) is 3.40. The number of ether oxygens (including phenoxy) is 1. The SMILES string of the molecule is CCOCCn1c(Cl)nc2ccccc2c1=O. The van der Waals surface area contributed by atoms with Crippen molar-refractivity contribution in [2.45, 2.75) is 13.5 Å². The lowest BCUT2D eigenvalue weighted by Gasteiger charge is -2.08. The van der Waals surface area contributed by atoms with E-state index < -0.39 is 0 Å². The summed E-state index contributed by atoms with van der Waals surface area (Å²) in [5, 5.41) is 0.779. The summed E-state index contributed by atoms with van der Waals surface area (Å²) in [6, 6.07) is 7.16. The van der Waals surface area contributed by atoms with E-state index in [9.17, 15) is 4.79 Å². The van der Waals surface area contributed by atoms with Crippen molar-refractivity contribution in [3.05, 3.63) is 39.9 Å². The Bertz CT molecular complexity index is 580. The summed E-state index contributed by atoms with van der Waals surface area (Å²) in [6.07, 6.45) is 0. The van der Waals surface area contributed by atoms with Crippen molar-refractivity contribution in [1.29, 1.82) is 0 Å². The van der Waals surface area contributed by atoms with Gasteiger partial charge in [-0.2, -0.15) is 0 Å². The molecule has 5 heteroatoms. The molecule has 0 saturated carbocycles. The molecular weight excluding hydrogens is 240 g/mol.